The molecular formula is C22H20ClN3O4S. The van der Waals surface area contributed by atoms with Gasteiger partial charge in [-0.15, -0.1) is 0 Å². The van der Waals surface area contributed by atoms with Gasteiger partial charge in [-0.05, 0) is 53.9 Å². The molecule has 0 saturated carbocycles. The molecule has 0 radical (unpaired) electrons. The van der Waals surface area contributed by atoms with E-state index in [2.05, 4.69) is 10.3 Å². The number of halogens is 1. The third kappa shape index (κ3) is 4.65. The van der Waals surface area contributed by atoms with E-state index in [1.54, 1.807) is 30.6 Å². The minimum absolute atomic E-state index is 0.0729. The van der Waals surface area contributed by atoms with Gasteiger partial charge in [0.15, 0.2) is 6.61 Å². The molecule has 2 aromatic carbocycles. The molecule has 0 aliphatic carbocycles. The van der Waals surface area contributed by atoms with Gasteiger partial charge in [0, 0.05) is 25.5 Å². The summed E-state index contributed by atoms with van der Waals surface area (Å²) in [6.07, 6.45) is 3.96. The molecule has 0 saturated heterocycles. The fraction of sp³-hybridized carbons (Fsp3) is 0.182. The van der Waals surface area contributed by atoms with Gasteiger partial charge in [0.05, 0.1) is 15.6 Å². The first-order valence-electron chi connectivity index (χ1n) is 9.64. The highest BCUT2D eigenvalue weighted by atomic mass is 35.5. The van der Waals surface area contributed by atoms with Crippen molar-refractivity contribution in [2.75, 3.05) is 17.5 Å². The number of hydrogen-bond donors (Lipinski definition) is 1. The van der Waals surface area contributed by atoms with Crippen molar-refractivity contribution in [3.63, 3.8) is 0 Å². The number of hydrogen-bond acceptors (Lipinski definition) is 5. The number of ether oxygens (including phenoxy) is 1. The zero-order valence-electron chi connectivity index (χ0n) is 16.5. The summed E-state index contributed by atoms with van der Waals surface area (Å²) in [6, 6.07) is 15.3. The molecule has 7 nitrogen and oxygen atoms in total. The Morgan fingerprint density at radius 1 is 1.13 bits per heavy atom. The third-order valence-electron chi connectivity index (χ3n) is 4.93. The van der Waals surface area contributed by atoms with E-state index in [0.717, 1.165) is 11.1 Å². The number of rotatable bonds is 7. The molecule has 0 unspecified atom stereocenters. The quantitative estimate of drug-likeness (QED) is 0.588. The molecule has 160 valence electrons. The number of carbonyl (C=O) groups excluding carboxylic acids is 1. The minimum Gasteiger partial charge on any atom is -0.482 e. The van der Waals surface area contributed by atoms with Gasteiger partial charge in [0.1, 0.15) is 5.75 Å². The standard InChI is InChI=1S/C22H20ClN3O4S/c23-19-13-18(31(28,29)26-12-9-17-3-1-2-4-20(17)26)5-6-21(19)30-15-22(27)25-14-16-7-10-24-11-8-16/h1-8,10-11,13H,9,12,14-15H2,(H,25,27). The lowest BCUT2D eigenvalue weighted by atomic mass is 10.2. The Hall–Kier alpha value is -3.10. The molecule has 1 aliphatic heterocycles. The summed E-state index contributed by atoms with van der Waals surface area (Å²) in [5.41, 5.74) is 2.60. The number of benzene rings is 2. The molecule has 1 aromatic heterocycles. The van der Waals surface area contributed by atoms with Gasteiger partial charge in [-0.1, -0.05) is 29.8 Å². The first-order valence-corrected chi connectivity index (χ1v) is 11.5. The Morgan fingerprint density at radius 2 is 1.90 bits per heavy atom. The maximum absolute atomic E-state index is 13.1. The Morgan fingerprint density at radius 3 is 2.68 bits per heavy atom. The number of sulfonamides is 1. The van der Waals surface area contributed by atoms with Crippen molar-refractivity contribution < 1.29 is 17.9 Å². The Kier molecular flexibility index (Phi) is 6.11. The highest BCUT2D eigenvalue weighted by Gasteiger charge is 2.31. The van der Waals surface area contributed by atoms with E-state index in [1.807, 2.05) is 18.2 Å². The van der Waals surface area contributed by atoms with Crippen molar-refractivity contribution in [1.29, 1.82) is 0 Å². The number of anilines is 1. The van der Waals surface area contributed by atoms with E-state index in [-0.39, 0.29) is 28.2 Å². The largest absolute Gasteiger partial charge is 0.482 e. The van der Waals surface area contributed by atoms with E-state index in [4.69, 9.17) is 16.3 Å². The monoisotopic (exact) mass is 457 g/mol. The van der Waals surface area contributed by atoms with Gasteiger partial charge in [-0.2, -0.15) is 0 Å². The lowest BCUT2D eigenvalue weighted by Gasteiger charge is -2.20. The maximum Gasteiger partial charge on any atom is 0.264 e. The fourth-order valence-corrected chi connectivity index (χ4v) is 5.17. The van der Waals surface area contributed by atoms with Crippen LogP contribution in [0, 0.1) is 0 Å². The first-order chi connectivity index (χ1) is 14.9. The number of aromatic nitrogens is 1. The SMILES string of the molecule is O=C(COc1ccc(S(=O)(=O)N2CCc3ccccc32)cc1Cl)NCc1ccncc1. The van der Waals surface area contributed by atoms with Crippen LogP contribution in [0.3, 0.4) is 0 Å². The molecule has 2 heterocycles. The van der Waals surface area contributed by atoms with Gasteiger partial charge in [0.2, 0.25) is 0 Å². The summed E-state index contributed by atoms with van der Waals surface area (Å²) >= 11 is 6.25. The van der Waals surface area contributed by atoms with Gasteiger partial charge < -0.3 is 10.1 Å². The molecule has 1 amide bonds. The Balaban J connectivity index is 1.41. The first kappa shape index (κ1) is 21.1. The highest BCUT2D eigenvalue weighted by molar-refractivity contribution is 7.92. The van der Waals surface area contributed by atoms with Gasteiger partial charge in [-0.3, -0.25) is 14.1 Å². The topological polar surface area (TPSA) is 88.6 Å². The zero-order chi connectivity index (χ0) is 21.8. The number of amides is 1. The second kappa shape index (κ2) is 8.95. The lowest BCUT2D eigenvalue weighted by molar-refractivity contribution is -0.123. The van der Waals surface area contributed by atoms with E-state index in [1.165, 1.54) is 22.5 Å². The normalized spacial score (nSPS) is 13.0. The number of fused-ring (bicyclic) bond motifs is 1. The Bertz CT molecular complexity index is 1200. The van der Waals surface area contributed by atoms with Crippen LogP contribution in [0.4, 0.5) is 5.69 Å². The van der Waals surface area contributed by atoms with Crippen molar-refractivity contribution >= 4 is 33.2 Å². The highest BCUT2D eigenvalue weighted by Crippen LogP contribution is 2.35. The average molecular weight is 458 g/mol. The minimum atomic E-state index is -3.75. The van der Waals surface area contributed by atoms with Crippen molar-refractivity contribution in [1.82, 2.24) is 10.3 Å². The third-order valence-corrected chi connectivity index (χ3v) is 7.04. The molecular weight excluding hydrogens is 438 g/mol. The predicted octanol–water partition coefficient (Wildman–Crippen LogP) is 3.18. The summed E-state index contributed by atoms with van der Waals surface area (Å²) in [7, 11) is -3.75. The number of pyridine rings is 1. The lowest BCUT2D eigenvalue weighted by Crippen LogP contribution is -2.29. The smallest absolute Gasteiger partial charge is 0.264 e. The summed E-state index contributed by atoms with van der Waals surface area (Å²) < 4.78 is 33.1. The van der Waals surface area contributed by atoms with Crippen LogP contribution < -0.4 is 14.4 Å². The summed E-state index contributed by atoms with van der Waals surface area (Å²) in [4.78, 5) is 16.0. The zero-order valence-corrected chi connectivity index (χ0v) is 18.1. The van der Waals surface area contributed by atoms with Crippen LogP contribution in [-0.4, -0.2) is 32.5 Å². The Labute approximate surface area is 185 Å². The van der Waals surface area contributed by atoms with Crippen LogP contribution in [-0.2, 0) is 27.8 Å². The molecule has 0 fully saturated rings. The van der Waals surface area contributed by atoms with Crippen molar-refractivity contribution in [3.8, 4) is 5.75 Å². The van der Waals surface area contributed by atoms with Gasteiger partial charge in [0.25, 0.3) is 15.9 Å². The second-order valence-corrected chi connectivity index (χ2v) is 9.24. The van der Waals surface area contributed by atoms with Crippen LogP contribution in [0.15, 0.2) is 71.9 Å². The van der Waals surface area contributed by atoms with Crippen LogP contribution >= 0.6 is 11.6 Å². The number of carbonyl (C=O) groups is 1. The molecule has 0 spiro atoms. The molecule has 1 aliphatic rings. The molecule has 4 rings (SSSR count). The van der Waals surface area contributed by atoms with Crippen LogP contribution in [0.1, 0.15) is 11.1 Å². The molecule has 3 aromatic rings. The fourth-order valence-electron chi connectivity index (χ4n) is 3.34. The van der Waals surface area contributed by atoms with Gasteiger partial charge >= 0.3 is 0 Å². The number of nitrogens with one attached hydrogen (secondary N) is 1. The molecule has 9 heteroatoms. The number of nitrogens with zero attached hydrogens (tertiary/aromatic N) is 2. The molecule has 1 N–H and O–H groups in total. The van der Waals surface area contributed by atoms with E-state index in [9.17, 15) is 13.2 Å². The van der Waals surface area contributed by atoms with Crippen molar-refractivity contribution in [2.45, 2.75) is 17.9 Å². The van der Waals surface area contributed by atoms with Crippen LogP contribution in [0.5, 0.6) is 5.75 Å². The maximum atomic E-state index is 13.1. The van der Waals surface area contributed by atoms with Crippen molar-refractivity contribution in [2.24, 2.45) is 0 Å². The predicted molar refractivity (Wildman–Crippen MR) is 118 cm³/mol. The van der Waals surface area contributed by atoms with E-state index >= 15 is 0 Å². The van der Waals surface area contributed by atoms with Crippen molar-refractivity contribution in [3.05, 3.63) is 83.1 Å². The molecule has 31 heavy (non-hydrogen) atoms. The van der Waals surface area contributed by atoms with Gasteiger partial charge in [-0.25, -0.2) is 8.42 Å². The summed E-state index contributed by atoms with van der Waals surface area (Å²) in [6.45, 7) is 0.499. The van der Waals surface area contributed by atoms with E-state index in [0.29, 0.717) is 25.2 Å². The summed E-state index contributed by atoms with van der Waals surface area (Å²) in [5, 5.41) is 2.85. The number of para-hydroxylation sites is 1. The molecule has 0 bridgehead atoms. The van der Waals surface area contributed by atoms with E-state index < -0.39 is 10.0 Å². The second-order valence-electron chi connectivity index (χ2n) is 6.97. The molecule has 0 atom stereocenters. The van der Waals surface area contributed by atoms with Crippen LogP contribution in [0.25, 0.3) is 0 Å². The van der Waals surface area contributed by atoms with Crippen LogP contribution in [0.2, 0.25) is 5.02 Å². The summed E-state index contributed by atoms with van der Waals surface area (Å²) in [5.74, 6) is -0.0836. The average Bonchev–Trinajstić information content (AvgIpc) is 3.22.